The molecule has 1 heterocycles. The van der Waals surface area contributed by atoms with Crippen molar-refractivity contribution in [3.05, 3.63) is 29.8 Å². The third-order valence-corrected chi connectivity index (χ3v) is 3.19. The Morgan fingerprint density at radius 1 is 1.56 bits per heavy atom. The molecule has 1 aromatic rings. The van der Waals surface area contributed by atoms with Crippen LogP contribution in [0.2, 0.25) is 0 Å². The van der Waals surface area contributed by atoms with Crippen molar-refractivity contribution in [2.75, 3.05) is 19.8 Å². The van der Waals surface area contributed by atoms with Gasteiger partial charge >= 0.3 is 0 Å². The van der Waals surface area contributed by atoms with Gasteiger partial charge in [-0.15, -0.1) is 0 Å². The summed E-state index contributed by atoms with van der Waals surface area (Å²) >= 11 is 0. The van der Waals surface area contributed by atoms with E-state index < -0.39 is 0 Å². The zero-order valence-corrected chi connectivity index (χ0v) is 10.6. The van der Waals surface area contributed by atoms with E-state index in [2.05, 4.69) is 5.32 Å². The highest BCUT2D eigenvalue weighted by molar-refractivity contribution is 5.79. The fraction of sp³-hybridized carbons (Fsp3) is 0.500. The number of carbonyl (C=O) groups is 1. The normalized spacial score (nSPS) is 19.6. The number of aliphatic hydroxyl groups is 1. The van der Waals surface area contributed by atoms with Crippen molar-refractivity contribution in [1.29, 1.82) is 0 Å². The summed E-state index contributed by atoms with van der Waals surface area (Å²) in [5.41, 5.74) is 1.08. The van der Waals surface area contributed by atoms with Crippen LogP contribution in [0.4, 0.5) is 0 Å². The van der Waals surface area contributed by atoms with Crippen LogP contribution in [-0.2, 0) is 11.2 Å². The molecule has 2 unspecified atom stereocenters. The van der Waals surface area contributed by atoms with Crippen molar-refractivity contribution in [3.8, 4) is 5.75 Å². The van der Waals surface area contributed by atoms with E-state index in [9.17, 15) is 4.79 Å². The van der Waals surface area contributed by atoms with E-state index >= 15 is 0 Å². The molecule has 1 aliphatic rings. The maximum absolute atomic E-state index is 12.0. The molecule has 1 aromatic carbocycles. The molecular weight excluding hydrogens is 230 g/mol. The first-order valence-corrected chi connectivity index (χ1v) is 6.30. The van der Waals surface area contributed by atoms with Crippen LogP contribution in [0.3, 0.4) is 0 Å². The zero-order valence-electron chi connectivity index (χ0n) is 10.6. The first-order valence-electron chi connectivity index (χ1n) is 6.30. The largest absolute Gasteiger partial charge is 0.492 e. The number of ether oxygens (including phenoxy) is 1. The molecule has 0 aromatic heterocycles. The number of hydrogen-bond donors (Lipinski definition) is 2. The molecule has 0 fully saturated rings. The number of aliphatic hydroxyl groups excluding tert-OH is 1. The van der Waals surface area contributed by atoms with Gasteiger partial charge in [-0.05, 0) is 24.0 Å². The molecular formula is C14H19NO3. The third kappa shape index (κ3) is 3.01. The van der Waals surface area contributed by atoms with Gasteiger partial charge < -0.3 is 15.2 Å². The highest BCUT2D eigenvalue weighted by Crippen LogP contribution is 2.26. The Bertz CT molecular complexity index is 419. The van der Waals surface area contributed by atoms with Gasteiger partial charge in [0.1, 0.15) is 12.4 Å². The molecule has 0 spiro atoms. The minimum atomic E-state index is -0.134. The molecule has 0 saturated heterocycles. The van der Waals surface area contributed by atoms with Gasteiger partial charge in [0.25, 0.3) is 0 Å². The minimum absolute atomic E-state index is 0.00445. The van der Waals surface area contributed by atoms with Gasteiger partial charge in [-0.3, -0.25) is 4.79 Å². The predicted molar refractivity (Wildman–Crippen MR) is 68.4 cm³/mol. The van der Waals surface area contributed by atoms with Crippen LogP contribution in [0.15, 0.2) is 24.3 Å². The second-order valence-corrected chi connectivity index (χ2v) is 4.85. The highest BCUT2D eigenvalue weighted by atomic mass is 16.5. The van der Waals surface area contributed by atoms with E-state index in [1.54, 1.807) is 0 Å². The number of carbonyl (C=O) groups excluding carboxylic acids is 1. The van der Waals surface area contributed by atoms with Crippen LogP contribution in [0.25, 0.3) is 0 Å². The summed E-state index contributed by atoms with van der Waals surface area (Å²) < 4.78 is 5.58. The lowest BCUT2D eigenvalue weighted by atomic mass is 9.96. The third-order valence-electron chi connectivity index (χ3n) is 3.19. The van der Waals surface area contributed by atoms with Crippen molar-refractivity contribution in [2.24, 2.45) is 11.8 Å². The lowest BCUT2D eigenvalue weighted by Crippen LogP contribution is -2.39. The molecule has 1 amide bonds. The smallest absolute Gasteiger partial charge is 0.226 e. The Balaban J connectivity index is 1.90. The summed E-state index contributed by atoms with van der Waals surface area (Å²) in [6.07, 6.45) is 0.718. The van der Waals surface area contributed by atoms with Crippen LogP contribution < -0.4 is 10.1 Å². The quantitative estimate of drug-likeness (QED) is 0.836. The van der Waals surface area contributed by atoms with Gasteiger partial charge in [0.15, 0.2) is 0 Å². The molecule has 2 N–H and O–H groups in total. The van der Waals surface area contributed by atoms with Crippen LogP contribution in [0, 0.1) is 11.8 Å². The second-order valence-electron chi connectivity index (χ2n) is 4.85. The fourth-order valence-electron chi connectivity index (χ4n) is 1.98. The van der Waals surface area contributed by atoms with E-state index in [0.29, 0.717) is 13.2 Å². The van der Waals surface area contributed by atoms with E-state index in [4.69, 9.17) is 9.84 Å². The Morgan fingerprint density at radius 2 is 2.33 bits per heavy atom. The molecule has 98 valence electrons. The van der Waals surface area contributed by atoms with Gasteiger partial charge in [0, 0.05) is 13.2 Å². The Hall–Kier alpha value is -1.55. The summed E-state index contributed by atoms with van der Waals surface area (Å²) in [6.45, 7) is 2.92. The molecule has 0 aliphatic carbocycles. The average Bonchev–Trinajstić information content (AvgIpc) is 2.43. The molecule has 0 radical (unpaired) electrons. The van der Waals surface area contributed by atoms with Crippen molar-refractivity contribution in [3.63, 3.8) is 0 Å². The topological polar surface area (TPSA) is 58.6 Å². The van der Waals surface area contributed by atoms with E-state index in [1.807, 2.05) is 31.2 Å². The maximum atomic E-state index is 12.0. The average molecular weight is 249 g/mol. The van der Waals surface area contributed by atoms with Gasteiger partial charge in [-0.25, -0.2) is 0 Å². The summed E-state index contributed by atoms with van der Waals surface area (Å²) in [5.74, 6) is 0.839. The van der Waals surface area contributed by atoms with Gasteiger partial charge in [-0.1, -0.05) is 25.1 Å². The standard InChI is InChI=1S/C14H19NO3/c1-10(8-16)7-15-14(17)12-6-11-4-2-3-5-13(11)18-9-12/h2-5,10,12,16H,6-9H2,1H3,(H,15,17). The van der Waals surface area contributed by atoms with Gasteiger partial charge in [0.2, 0.25) is 5.91 Å². The second kappa shape index (κ2) is 5.87. The first-order chi connectivity index (χ1) is 8.70. The first kappa shape index (κ1) is 12.9. The van der Waals surface area contributed by atoms with Crippen LogP contribution in [-0.4, -0.2) is 30.8 Å². The van der Waals surface area contributed by atoms with E-state index in [-0.39, 0.29) is 24.3 Å². The van der Waals surface area contributed by atoms with Gasteiger partial charge in [-0.2, -0.15) is 0 Å². The minimum Gasteiger partial charge on any atom is -0.492 e. The lowest BCUT2D eigenvalue weighted by Gasteiger charge is -2.24. The molecule has 0 bridgehead atoms. The van der Waals surface area contributed by atoms with Crippen LogP contribution in [0.5, 0.6) is 5.75 Å². The van der Waals surface area contributed by atoms with Gasteiger partial charge in [0.05, 0.1) is 5.92 Å². The van der Waals surface area contributed by atoms with E-state index in [0.717, 1.165) is 17.7 Å². The molecule has 18 heavy (non-hydrogen) atoms. The van der Waals surface area contributed by atoms with Crippen LogP contribution in [0.1, 0.15) is 12.5 Å². The van der Waals surface area contributed by atoms with Crippen molar-refractivity contribution in [1.82, 2.24) is 5.32 Å². The van der Waals surface area contributed by atoms with Crippen molar-refractivity contribution < 1.29 is 14.6 Å². The number of hydrogen-bond acceptors (Lipinski definition) is 3. The number of fused-ring (bicyclic) bond motifs is 1. The fourth-order valence-corrected chi connectivity index (χ4v) is 1.98. The molecule has 4 heteroatoms. The Morgan fingerprint density at radius 3 is 3.11 bits per heavy atom. The van der Waals surface area contributed by atoms with E-state index in [1.165, 1.54) is 0 Å². The van der Waals surface area contributed by atoms with Crippen molar-refractivity contribution in [2.45, 2.75) is 13.3 Å². The number of benzene rings is 1. The summed E-state index contributed by atoms with van der Waals surface area (Å²) in [4.78, 5) is 12.0. The monoisotopic (exact) mass is 249 g/mol. The summed E-state index contributed by atoms with van der Waals surface area (Å²) in [6, 6.07) is 7.81. The SMILES string of the molecule is CC(CO)CNC(=O)C1COc2ccccc2C1. The Labute approximate surface area is 107 Å². The van der Waals surface area contributed by atoms with Crippen LogP contribution >= 0.6 is 0 Å². The predicted octanol–water partition coefficient (Wildman–Crippen LogP) is 0.982. The number of amides is 1. The molecule has 2 atom stereocenters. The number of rotatable bonds is 4. The number of para-hydroxylation sites is 1. The molecule has 0 saturated carbocycles. The van der Waals surface area contributed by atoms with Crippen molar-refractivity contribution >= 4 is 5.91 Å². The maximum Gasteiger partial charge on any atom is 0.226 e. The number of nitrogens with one attached hydrogen (secondary N) is 1. The summed E-state index contributed by atoms with van der Waals surface area (Å²) in [7, 11) is 0. The zero-order chi connectivity index (χ0) is 13.0. The Kier molecular flexibility index (Phi) is 4.20. The lowest BCUT2D eigenvalue weighted by molar-refractivity contribution is -0.126. The summed E-state index contributed by atoms with van der Waals surface area (Å²) in [5, 5.41) is 11.8. The molecule has 2 rings (SSSR count). The molecule has 1 aliphatic heterocycles. The highest BCUT2D eigenvalue weighted by Gasteiger charge is 2.25. The molecule has 4 nitrogen and oxygen atoms in total.